The quantitative estimate of drug-likeness (QED) is 0.742. The molecule has 2 nitrogen and oxygen atoms in total. The largest absolute Gasteiger partial charge is 0.489 e. The Kier molecular flexibility index (Phi) is 4.61. The number of hydrogen-bond acceptors (Lipinski definition) is 2. The Bertz CT molecular complexity index is 594. The maximum absolute atomic E-state index is 11.1. The summed E-state index contributed by atoms with van der Waals surface area (Å²) in [4.78, 5) is 11.1. The van der Waals surface area contributed by atoms with Crippen LogP contribution in [0, 0.1) is 0 Å². The lowest BCUT2D eigenvalue weighted by molar-refractivity contribution is 0.101. The Hall–Kier alpha value is -1.32. The van der Waals surface area contributed by atoms with E-state index in [4.69, 9.17) is 16.3 Å². The van der Waals surface area contributed by atoms with E-state index in [2.05, 4.69) is 15.9 Å². The predicted octanol–water partition coefficient (Wildman–Crippen LogP) is 4.88. The third-order valence-corrected chi connectivity index (χ3v) is 3.52. The molecule has 0 aliphatic heterocycles. The normalized spacial score (nSPS) is 10.3. The van der Waals surface area contributed by atoms with Crippen LogP contribution in [0.25, 0.3) is 0 Å². The van der Waals surface area contributed by atoms with Gasteiger partial charge in [-0.1, -0.05) is 33.6 Å². The van der Waals surface area contributed by atoms with Crippen LogP contribution in [0.5, 0.6) is 5.75 Å². The van der Waals surface area contributed by atoms with Crippen molar-refractivity contribution in [2.75, 3.05) is 0 Å². The standard InChI is InChI=1S/C15H12BrClO2/c1-10(18)11-3-6-14(7-4-11)19-9-12-2-5-13(16)8-15(12)17/h2-8H,9H2,1H3. The van der Waals surface area contributed by atoms with Crippen LogP contribution in [0.15, 0.2) is 46.9 Å². The lowest BCUT2D eigenvalue weighted by Crippen LogP contribution is -1.97. The number of rotatable bonds is 4. The number of Topliss-reactive ketones (excluding diaryl/α,β-unsaturated/α-hetero) is 1. The molecule has 2 aromatic carbocycles. The van der Waals surface area contributed by atoms with Crippen LogP contribution in [-0.2, 0) is 6.61 Å². The average Bonchev–Trinajstić information content (AvgIpc) is 2.38. The molecule has 0 aliphatic carbocycles. The minimum Gasteiger partial charge on any atom is -0.489 e. The van der Waals surface area contributed by atoms with Gasteiger partial charge in [0.25, 0.3) is 0 Å². The van der Waals surface area contributed by atoms with Crippen molar-refractivity contribution in [3.8, 4) is 5.75 Å². The van der Waals surface area contributed by atoms with Gasteiger partial charge in [-0.3, -0.25) is 4.79 Å². The summed E-state index contributed by atoms with van der Waals surface area (Å²) in [5, 5.41) is 0.662. The fourth-order valence-corrected chi connectivity index (χ4v) is 2.31. The van der Waals surface area contributed by atoms with Crippen molar-refractivity contribution in [1.82, 2.24) is 0 Å². The molecule has 2 aromatic rings. The van der Waals surface area contributed by atoms with Crippen molar-refractivity contribution < 1.29 is 9.53 Å². The molecule has 0 bridgehead atoms. The van der Waals surface area contributed by atoms with Gasteiger partial charge in [0.15, 0.2) is 5.78 Å². The highest BCUT2D eigenvalue weighted by Gasteiger charge is 2.03. The summed E-state index contributed by atoms with van der Waals surface area (Å²) in [6.45, 7) is 1.93. The van der Waals surface area contributed by atoms with E-state index in [1.165, 1.54) is 6.92 Å². The highest BCUT2D eigenvalue weighted by Crippen LogP contribution is 2.23. The molecular weight excluding hydrogens is 328 g/mol. The summed E-state index contributed by atoms with van der Waals surface area (Å²) in [5.74, 6) is 0.756. The van der Waals surface area contributed by atoms with Gasteiger partial charge in [0, 0.05) is 20.6 Å². The molecule has 0 aliphatic rings. The molecular formula is C15H12BrClO2. The number of hydrogen-bond donors (Lipinski definition) is 0. The van der Waals surface area contributed by atoms with E-state index in [-0.39, 0.29) is 5.78 Å². The van der Waals surface area contributed by atoms with Crippen molar-refractivity contribution in [2.24, 2.45) is 0 Å². The van der Waals surface area contributed by atoms with Crippen LogP contribution in [0.2, 0.25) is 5.02 Å². The van der Waals surface area contributed by atoms with Crippen molar-refractivity contribution in [2.45, 2.75) is 13.5 Å². The smallest absolute Gasteiger partial charge is 0.159 e. The van der Waals surface area contributed by atoms with Gasteiger partial charge in [-0.2, -0.15) is 0 Å². The summed E-state index contributed by atoms with van der Waals surface area (Å²) in [6, 6.07) is 12.7. The minimum atomic E-state index is 0.0440. The number of ketones is 1. The second kappa shape index (κ2) is 6.22. The van der Waals surface area contributed by atoms with Crippen LogP contribution in [0.3, 0.4) is 0 Å². The molecule has 0 amide bonds. The first-order chi connectivity index (χ1) is 9.06. The molecule has 0 saturated heterocycles. The summed E-state index contributed by atoms with van der Waals surface area (Å²) in [7, 11) is 0. The van der Waals surface area contributed by atoms with E-state index in [0.29, 0.717) is 22.9 Å². The molecule has 0 heterocycles. The van der Waals surface area contributed by atoms with Crippen LogP contribution >= 0.6 is 27.5 Å². The second-order valence-corrected chi connectivity index (χ2v) is 5.43. The predicted molar refractivity (Wildman–Crippen MR) is 79.9 cm³/mol. The number of carbonyl (C=O) groups is 1. The molecule has 0 saturated carbocycles. The monoisotopic (exact) mass is 338 g/mol. The van der Waals surface area contributed by atoms with E-state index >= 15 is 0 Å². The molecule has 0 unspecified atom stereocenters. The Balaban J connectivity index is 2.04. The molecule has 19 heavy (non-hydrogen) atoms. The van der Waals surface area contributed by atoms with E-state index in [1.807, 2.05) is 18.2 Å². The molecule has 0 N–H and O–H groups in total. The molecule has 0 fully saturated rings. The van der Waals surface area contributed by atoms with E-state index in [9.17, 15) is 4.79 Å². The first-order valence-corrected chi connectivity index (χ1v) is 6.91. The summed E-state index contributed by atoms with van der Waals surface area (Å²) >= 11 is 9.46. The van der Waals surface area contributed by atoms with Gasteiger partial charge in [-0.15, -0.1) is 0 Å². The number of ether oxygens (including phenoxy) is 1. The van der Waals surface area contributed by atoms with Crippen molar-refractivity contribution in [3.05, 3.63) is 63.1 Å². The zero-order chi connectivity index (χ0) is 13.8. The summed E-state index contributed by atoms with van der Waals surface area (Å²) < 4.78 is 6.57. The highest BCUT2D eigenvalue weighted by atomic mass is 79.9. The highest BCUT2D eigenvalue weighted by molar-refractivity contribution is 9.10. The maximum Gasteiger partial charge on any atom is 0.159 e. The molecule has 0 radical (unpaired) electrons. The summed E-state index contributed by atoms with van der Waals surface area (Å²) in [6.07, 6.45) is 0. The van der Waals surface area contributed by atoms with Gasteiger partial charge in [-0.05, 0) is 43.3 Å². The number of halogens is 2. The summed E-state index contributed by atoms with van der Waals surface area (Å²) in [5.41, 5.74) is 1.59. The van der Waals surface area contributed by atoms with Crippen molar-refractivity contribution in [1.29, 1.82) is 0 Å². The van der Waals surface area contributed by atoms with Crippen LogP contribution in [0.1, 0.15) is 22.8 Å². The second-order valence-electron chi connectivity index (χ2n) is 4.10. The SMILES string of the molecule is CC(=O)c1ccc(OCc2ccc(Br)cc2Cl)cc1. The number of carbonyl (C=O) groups excluding carboxylic acids is 1. The Labute approximate surface area is 125 Å². The van der Waals surface area contributed by atoms with Crippen LogP contribution in [0.4, 0.5) is 0 Å². The van der Waals surface area contributed by atoms with E-state index in [0.717, 1.165) is 10.0 Å². The Morgan fingerprint density at radius 3 is 2.47 bits per heavy atom. The number of benzene rings is 2. The molecule has 0 atom stereocenters. The molecule has 98 valence electrons. The molecule has 0 spiro atoms. The van der Waals surface area contributed by atoms with Crippen LogP contribution < -0.4 is 4.74 Å². The van der Waals surface area contributed by atoms with Gasteiger partial charge >= 0.3 is 0 Å². The first-order valence-electron chi connectivity index (χ1n) is 5.74. The molecule has 0 aromatic heterocycles. The van der Waals surface area contributed by atoms with Gasteiger partial charge in [0.2, 0.25) is 0 Å². The molecule has 2 rings (SSSR count). The third kappa shape index (κ3) is 3.82. The van der Waals surface area contributed by atoms with Gasteiger partial charge in [-0.25, -0.2) is 0 Å². The Morgan fingerprint density at radius 2 is 1.89 bits per heavy atom. The van der Waals surface area contributed by atoms with Gasteiger partial charge in [0.1, 0.15) is 12.4 Å². The third-order valence-electron chi connectivity index (χ3n) is 2.67. The lowest BCUT2D eigenvalue weighted by Gasteiger charge is -2.08. The Morgan fingerprint density at radius 1 is 1.21 bits per heavy atom. The minimum absolute atomic E-state index is 0.0440. The van der Waals surface area contributed by atoms with Gasteiger partial charge in [0.05, 0.1) is 0 Å². The van der Waals surface area contributed by atoms with Gasteiger partial charge < -0.3 is 4.74 Å². The van der Waals surface area contributed by atoms with E-state index < -0.39 is 0 Å². The fourth-order valence-electron chi connectivity index (χ4n) is 1.59. The zero-order valence-corrected chi connectivity index (χ0v) is 12.7. The first kappa shape index (κ1) is 14.1. The fraction of sp³-hybridized carbons (Fsp3) is 0.133. The lowest BCUT2D eigenvalue weighted by atomic mass is 10.1. The van der Waals surface area contributed by atoms with Crippen molar-refractivity contribution >= 4 is 33.3 Å². The maximum atomic E-state index is 11.1. The van der Waals surface area contributed by atoms with E-state index in [1.54, 1.807) is 24.3 Å². The topological polar surface area (TPSA) is 26.3 Å². The van der Waals surface area contributed by atoms with Crippen LogP contribution in [-0.4, -0.2) is 5.78 Å². The zero-order valence-electron chi connectivity index (χ0n) is 10.3. The molecule has 4 heteroatoms. The average molecular weight is 340 g/mol. The van der Waals surface area contributed by atoms with Crippen molar-refractivity contribution in [3.63, 3.8) is 0 Å².